The van der Waals surface area contributed by atoms with Crippen molar-refractivity contribution in [3.8, 4) is 0 Å². The summed E-state index contributed by atoms with van der Waals surface area (Å²) in [6.45, 7) is 3.52. The maximum absolute atomic E-state index is 13.6. The molecular weight excluding hydrogens is 487 g/mol. The summed E-state index contributed by atoms with van der Waals surface area (Å²) in [6.07, 6.45) is 3.82. The first kappa shape index (κ1) is 28.2. The number of methoxy groups -OCH3 is 1. The Morgan fingerprint density at radius 3 is 2.60 bits per heavy atom. The van der Waals surface area contributed by atoms with Crippen LogP contribution in [0.4, 0.5) is 4.39 Å². The molecule has 2 bridgehead atoms. The minimum absolute atomic E-state index is 0.00548. The number of benzene rings is 1. The number of thiol groups is 2. The number of fused-ring (bicyclic) bond motifs is 2. The van der Waals surface area contributed by atoms with Gasteiger partial charge in [-0.15, -0.1) is 0 Å². The summed E-state index contributed by atoms with van der Waals surface area (Å²) in [6, 6.07) is 7.14. The van der Waals surface area contributed by atoms with E-state index in [4.69, 9.17) is 4.74 Å². The van der Waals surface area contributed by atoms with E-state index in [0.717, 1.165) is 50.9 Å². The molecule has 1 aromatic rings. The minimum atomic E-state index is -0.264. The molecule has 4 atom stereocenters. The van der Waals surface area contributed by atoms with Crippen LogP contribution < -0.4 is 10.6 Å². The average Bonchev–Trinajstić information content (AvgIpc) is 3.12. The van der Waals surface area contributed by atoms with Crippen LogP contribution >= 0.6 is 25.3 Å². The van der Waals surface area contributed by atoms with Gasteiger partial charge in [0.15, 0.2) is 0 Å². The molecule has 7 nitrogen and oxygen atoms in total. The predicted octanol–water partition coefficient (Wildman–Crippen LogP) is 2.15. The summed E-state index contributed by atoms with van der Waals surface area (Å²) in [5, 5.41) is 5.79. The highest BCUT2D eigenvalue weighted by Crippen LogP contribution is 2.47. The summed E-state index contributed by atoms with van der Waals surface area (Å²) in [7, 11) is 1.56. The van der Waals surface area contributed by atoms with Crippen LogP contribution in [0.2, 0.25) is 0 Å². The molecule has 0 spiro atoms. The lowest BCUT2D eigenvalue weighted by molar-refractivity contribution is -0.131. The highest BCUT2D eigenvalue weighted by Gasteiger charge is 2.50. The zero-order valence-electron chi connectivity index (χ0n) is 20.5. The normalized spacial score (nSPS) is 24.0. The summed E-state index contributed by atoms with van der Waals surface area (Å²) >= 11 is 8.50. The molecule has 196 valence electrons. The van der Waals surface area contributed by atoms with Gasteiger partial charge in [0.2, 0.25) is 11.8 Å². The van der Waals surface area contributed by atoms with Gasteiger partial charge in [0.1, 0.15) is 12.5 Å². The second kappa shape index (κ2) is 14.4. The number of ether oxygens (including phenoxy) is 1. The maximum atomic E-state index is 13.6. The Labute approximate surface area is 219 Å². The predicted molar refractivity (Wildman–Crippen MR) is 143 cm³/mol. The Kier molecular flexibility index (Phi) is 11.6. The third-order valence-electron chi connectivity index (χ3n) is 7.16. The van der Waals surface area contributed by atoms with E-state index in [9.17, 15) is 14.0 Å². The minimum Gasteiger partial charge on any atom is -0.364 e. The molecule has 1 unspecified atom stereocenters. The molecule has 0 saturated carbocycles. The fraction of sp³-hybridized carbons (Fsp3) is 0.680. The monoisotopic (exact) mass is 526 g/mol. The number of amides is 2. The summed E-state index contributed by atoms with van der Waals surface area (Å²) in [4.78, 5) is 30.1. The Hall–Kier alpha value is -1.33. The van der Waals surface area contributed by atoms with Crippen LogP contribution in [-0.4, -0.2) is 91.8 Å². The topological polar surface area (TPSA) is 73.9 Å². The molecule has 35 heavy (non-hydrogen) atoms. The van der Waals surface area contributed by atoms with Crippen molar-refractivity contribution < 1.29 is 18.7 Å². The number of carbonyl (C=O) groups excluding carboxylic acids is 2. The molecule has 2 heterocycles. The van der Waals surface area contributed by atoms with Gasteiger partial charge < -0.3 is 15.4 Å². The number of hydrogen-bond acceptors (Lipinski definition) is 7. The molecule has 3 rings (SSSR count). The van der Waals surface area contributed by atoms with Crippen molar-refractivity contribution in [1.29, 1.82) is 0 Å². The van der Waals surface area contributed by atoms with Crippen LogP contribution in [0, 0.1) is 11.7 Å². The second-order valence-electron chi connectivity index (χ2n) is 9.36. The highest BCUT2D eigenvalue weighted by atomic mass is 32.1. The van der Waals surface area contributed by atoms with E-state index in [2.05, 4.69) is 45.7 Å². The van der Waals surface area contributed by atoms with Crippen molar-refractivity contribution in [2.24, 2.45) is 5.92 Å². The molecule has 2 aliphatic heterocycles. The van der Waals surface area contributed by atoms with Crippen molar-refractivity contribution in [2.45, 2.75) is 43.7 Å². The summed E-state index contributed by atoms with van der Waals surface area (Å²) in [5.41, 5.74) is 1.02. The van der Waals surface area contributed by atoms with E-state index in [1.54, 1.807) is 7.11 Å². The van der Waals surface area contributed by atoms with Crippen LogP contribution in [0.25, 0.3) is 0 Å². The molecular formula is C25H39FN4O3S2. The van der Waals surface area contributed by atoms with Crippen molar-refractivity contribution in [3.63, 3.8) is 0 Å². The van der Waals surface area contributed by atoms with Gasteiger partial charge in [-0.25, -0.2) is 4.39 Å². The largest absolute Gasteiger partial charge is 0.364 e. The fourth-order valence-corrected chi connectivity index (χ4v) is 6.07. The molecule has 2 aliphatic rings. The molecule has 2 saturated heterocycles. The van der Waals surface area contributed by atoms with Gasteiger partial charge in [-0.1, -0.05) is 12.1 Å². The number of carbonyl (C=O) groups is 2. The fourth-order valence-electron chi connectivity index (χ4n) is 5.68. The molecule has 1 aromatic carbocycles. The Morgan fingerprint density at radius 1 is 1.14 bits per heavy atom. The number of rotatable bonds is 14. The van der Waals surface area contributed by atoms with E-state index in [0.29, 0.717) is 30.6 Å². The number of hydrogen-bond donors (Lipinski definition) is 4. The van der Waals surface area contributed by atoms with E-state index >= 15 is 0 Å². The third-order valence-corrected chi connectivity index (χ3v) is 7.59. The Bertz CT molecular complexity index is 816. The zero-order valence-corrected chi connectivity index (χ0v) is 22.3. The lowest BCUT2D eigenvalue weighted by Gasteiger charge is -2.44. The van der Waals surface area contributed by atoms with Crippen molar-refractivity contribution in [1.82, 2.24) is 20.4 Å². The van der Waals surface area contributed by atoms with Gasteiger partial charge in [-0.3, -0.25) is 19.4 Å². The molecule has 10 heteroatoms. The number of piperidine rings is 1. The summed E-state index contributed by atoms with van der Waals surface area (Å²) < 4.78 is 18.7. The van der Waals surface area contributed by atoms with E-state index in [1.165, 1.54) is 12.1 Å². The Morgan fingerprint density at radius 2 is 1.91 bits per heavy atom. The first-order chi connectivity index (χ1) is 17.0. The molecule has 2 N–H and O–H groups in total. The first-order valence-corrected chi connectivity index (χ1v) is 13.7. The summed E-state index contributed by atoms with van der Waals surface area (Å²) in [5.74, 6) is 0.890. The average molecular weight is 527 g/mol. The van der Waals surface area contributed by atoms with Crippen LogP contribution in [0.15, 0.2) is 24.3 Å². The number of halogens is 1. The third kappa shape index (κ3) is 7.82. The zero-order chi connectivity index (χ0) is 25.2. The van der Waals surface area contributed by atoms with Crippen LogP contribution in [-0.2, 0) is 14.3 Å². The van der Waals surface area contributed by atoms with Crippen LogP contribution in [0.1, 0.15) is 37.2 Å². The van der Waals surface area contributed by atoms with E-state index < -0.39 is 0 Å². The standard InChI is InChI=1S/C25H39FN4O3S2/c1-33-17-28-25(32)24-21(18-3-5-19(26)6-4-18)15-20-7-8-22(24)30(20)11-2-10-29(12-14-35)16-23(31)27-9-13-34/h3-6,20-22,24,34-35H,2,7-17H2,1H3,(H,27,31)(H,28,32)/t20?,21-,22-,24+/m1/s1. The van der Waals surface area contributed by atoms with Gasteiger partial charge in [0.25, 0.3) is 0 Å². The van der Waals surface area contributed by atoms with E-state index in [1.807, 2.05) is 12.1 Å². The van der Waals surface area contributed by atoms with E-state index in [-0.39, 0.29) is 42.2 Å². The van der Waals surface area contributed by atoms with Crippen molar-refractivity contribution >= 4 is 37.1 Å². The van der Waals surface area contributed by atoms with Gasteiger partial charge in [-0.05, 0) is 62.4 Å². The van der Waals surface area contributed by atoms with Gasteiger partial charge in [0.05, 0.1) is 12.5 Å². The van der Waals surface area contributed by atoms with Gasteiger partial charge >= 0.3 is 0 Å². The quantitative estimate of drug-likeness (QED) is 0.221. The maximum Gasteiger partial charge on any atom is 0.234 e. The second-order valence-corrected chi connectivity index (χ2v) is 10.3. The molecule has 0 aliphatic carbocycles. The lowest BCUT2D eigenvalue weighted by Crippen LogP contribution is -2.53. The molecule has 2 fully saturated rings. The Balaban J connectivity index is 1.66. The van der Waals surface area contributed by atoms with Crippen LogP contribution in [0.3, 0.4) is 0 Å². The van der Waals surface area contributed by atoms with Crippen molar-refractivity contribution in [3.05, 3.63) is 35.6 Å². The smallest absolute Gasteiger partial charge is 0.234 e. The van der Waals surface area contributed by atoms with Gasteiger partial charge in [-0.2, -0.15) is 25.3 Å². The van der Waals surface area contributed by atoms with Crippen LogP contribution in [0.5, 0.6) is 0 Å². The first-order valence-electron chi connectivity index (χ1n) is 12.5. The van der Waals surface area contributed by atoms with Gasteiger partial charge in [0, 0.05) is 43.8 Å². The highest BCUT2D eigenvalue weighted by molar-refractivity contribution is 7.80. The molecule has 2 amide bonds. The lowest BCUT2D eigenvalue weighted by atomic mass is 9.75. The number of nitrogens with zero attached hydrogens (tertiary/aromatic N) is 2. The SMILES string of the molecule is COCNC(=O)[C@H]1[C@@H](c2ccc(F)cc2)CC2CC[C@H]1N2CCCN(CCS)CC(=O)NCCS. The number of nitrogens with one attached hydrogen (secondary N) is 2. The molecule has 0 aromatic heterocycles. The molecule has 0 radical (unpaired) electrons. The van der Waals surface area contributed by atoms with Crippen molar-refractivity contribution in [2.75, 3.05) is 58.1 Å².